The Bertz CT molecular complexity index is 198. The van der Waals surface area contributed by atoms with Crippen molar-refractivity contribution in [2.75, 3.05) is 21.3 Å². The zero-order valence-electron chi connectivity index (χ0n) is 12.0. The number of hydrogen-bond acceptors (Lipinski definition) is 3. The van der Waals surface area contributed by atoms with Gasteiger partial charge in [0.15, 0.2) is 6.29 Å². The number of rotatable bonds is 10. The quantitative estimate of drug-likeness (QED) is 0.333. The van der Waals surface area contributed by atoms with Crippen LogP contribution in [0.25, 0.3) is 0 Å². The van der Waals surface area contributed by atoms with Gasteiger partial charge in [0.1, 0.15) is 0 Å². The molecule has 0 aromatic rings. The van der Waals surface area contributed by atoms with Crippen LogP contribution < -0.4 is 0 Å². The van der Waals surface area contributed by atoms with Crippen LogP contribution in [0.1, 0.15) is 46.0 Å². The Balaban J connectivity index is 3.57. The van der Waals surface area contributed by atoms with Gasteiger partial charge in [-0.05, 0) is 32.3 Å². The van der Waals surface area contributed by atoms with Crippen molar-refractivity contribution >= 4 is 0 Å². The average Bonchev–Trinajstić information content (AvgIpc) is 2.35. The van der Waals surface area contributed by atoms with Crippen LogP contribution in [-0.2, 0) is 14.2 Å². The molecule has 0 saturated heterocycles. The molecule has 0 aromatic heterocycles. The number of hydrogen-bond donors (Lipinski definition) is 0. The number of unbranched alkanes of at least 4 members (excludes halogenated alkanes) is 2. The molecule has 0 aliphatic carbocycles. The second-order valence-electron chi connectivity index (χ2n) is 4.34. The van der Waals surface area contributed by atoms with Crippen LogP contribution in [0.3, 0.4) is 0 Å². The molecule has 102 valence electrons. The molecule has 17 heavy (non-hydrogen) atoms. The van der Waals surface area contributed by atoms with E-state index in [1.165, 1.54) is 19.3 Å². The standard InChI is InChI=1S/C14H28O3/c1-6-13(15-3)12(2)10-8-7-9-11-14(16-4)17-5/h6,12,14H,7-11H2,1-5H3. The van der Waals surface area contributed by atoms with Crippen LogP contribution in [0.15, 0.2) is 11.8 Å². The van der Waals surface area contributed by atoms with Crippen LogP contribution in [0, 0.1) is 5.92 Å². The highest BCUT2D eigenvalue weighted by molar-refractivity contribution is 4.94. The lowest BCUT2D eigenvalue weighted by atomic mass is 10.0. The van der Waals surface area contributed by atoms with Gasteiger partial charge < -0.3 is 14.2 Å². The van der Waals surface area contributed by atoms with E-state index in [4.69, 9.17) is 14.2 Å². The zero-order chi connectivity index (χ0) is 13.1. The van der Waals surface area contributed by atoms with Crippen molar-refractivity contribution in [3.05, 3.63) is 11.8 Å². The predicted molar refractivity (Wildman–Crippen MR) is 70.8 cm³/mol. The van der Waals surface area contributed by atoms with Gasteiger partial charge in [-0.1, -0.05) is 19.8 Å². The van der Waals surface area contributed by atoms with Crippen molar-refractivity contribution < 1.29 is 14.2 Å². The molecule has 0 amide bonds. The summed E-state index contributed by atoms with van der Waals surface area (Å²) in [6.45, 7) is 4.24. The van der Waals surface area contributed by atoms with Gasteiger partial charge in [0.25, 0.3) is 0 Å². The lowest BCUT2D eigenvalue weighted by molar-refractivity contribution is -0.107. The van der Waals surface area contributed by atoms with Gasteiger partial charge in [0.05, 0.1) is 12.9 Å². The molecule has 0 heterocycles. The van der Waals surface area contributed by atoms with E-state index in [2.05, 4.69) is 13.0 Å². The predicted octanol–water partition coefficient (Wildman–Crippen LogP) is 3.74. The van der Waals surface area contributed by atoms with Crippen molar-refractivity contribution in [3.8, 4) is 0 Å². The molecule has 3 heteroatoms. The topological polar surface area (TPSA) is 27.7 Å². The largest absolute Gasteiger partial charge is 0.501 e. The zero-order valence-corrected chi connectivity index (χ0v) is 12.0. The van der Waals surface area contributed by atoms with Crippen molar-refractivity contribution in [1.82, 2.24) is 0 Å². The third kappa shape index (κ3) is 7.40. The monoisotopic (exact) mass is 244 g/mol. The van der Waals surface area contributed by atoms with Crippen molar-refractivity contribution in [1.29, 1.82) is 0 Å². The Morgan fingerprint density at radius 3 is 2.06 bits per heavy atom. The SMILES string of the molecule is CC=C(OC)C(C)CCCCCC(OC)OC. The molecule has 3 nitrogen and oxygen atoms in total. The third-order valence-electron chi connectivity index (χ3n) is 3.11. The van der Waals surface area contributed by atoms with Crippen LogP contribution >= 0.6 is 0 Å². The van der Waals surface area contributed by atoms with Gasteiger partial charge in [-0.25, -0.2) is 0 Å². The number of methoxy groups -OCH3 is 3. The summed E-state index contributed by atoms with van der Waals surface area (Å²) < 4.78 is 15.6. The Kier molecular flexibility index (Phi) is 10.3. The first-order valence-corrected chi connectivity index (χ1v) is 6.45. The first-order chi connectivity index (χ1) is 8.19. The molecule has 0 aliphatic rings. The Labute approximate surface area is 106 Å². The molecule has 0 N–H and O–H groups in total. The summed E-state index contributed by atoms with van der Waals surface area (Å²) in [7, 11) is 5.12. The minimum Gasteiger partial charge on any atom is -0.501 e. The van der Waals surface area contributed by atoms with Gasteiger partial charge >= 0.3 is 0 Å². The van der Waals surface area contributed by atoms with Crippen molar-refractivity contribution in [2.24, 2.45) is 5.92 Å². The van der Waals surface area contributed by atoms with E-state index in [9.17, 15) is 0 Å². The minimum atomic E-state index is -0.0440. The third-order valence-corrected chi connectivity index (χ3v) is 3.11. The summed E-state index contributed by atoms with van der Waals surface area (Å²) in [4.78, 5) is 0. The second-order valence-corrected chi connectivity index (χ2v) is 4.34. The van der Waals surface area contributed by atoms with Gasteiger partial charge in [-0.3, -0.25) is 0 Å². The van der Waals surface area contributed by atoms with E-state index < -0.39 is 0 Å². The first kappa shape index (κ1) is 16.5. The lowest BCUT2D eigenvalue weighted by Crippen LogP contribution is -2.12. The average molecular weight is 244 g/mol. The van der Waals surface area contributed by atoms with Gasteiger partial charge in [-0.15, -0.1) is 0 Å². The maximum absolute atomic E-state index is 5.31. The van der Waals surface area contributed by atoms with Crippen LogP contribution in [0.2, 0.25) is 0 Å². The molecule has 0 radical (unpaired) electrons. The summed E-state index contributed by atoms with van der Waals surface area (Å²) in [5, 5.41) is 0. The second kappa shape index (κ2) is 10.6. The smallest absolute Gasteiger partial charge is 0.156 e. The summed E-state index contributed by atoms with van der Waals surface area (Å²) in [5.41, 5.74) is 0. The van der Waals surface area contributed by atoms with Crippen LogP contribution in [-0.4, -0.2) is 27.6 Å². The molecule has 0 aliphatic heterocycles. The minimum absolute atomic E-state index is 0.0440. The normalized spacial score (nSPS) is 14.1. The van der Waals surface area contributed by atoms with Gasteiger partial charge in [0, 0.05) is 20.1 Å². The summed E-state index contributed by atoms with van der Waals surface area (Å²) in [6.07, 6.45) is 7.75. The van der Waals surface area contributed by atoms with E-state index in [1.54, 1.807) is 21.3 Å². The molecule has 0 saturated carbocycles. The number of allylic oxidation sites excluding steroid dienone is 2. The fourth-order valence-electron chi connectivity index (χ4n) is 2.02. The molecule has 1 atom stereocenters. The molecular formula is C14H28O3. The summed E-state index contributed by atoms with van der Waals surface area (Å²) >= 11 is 0. The van der Waals surface area contributed by atoms with E-state index in [0.717, 1.165) is 18.6 Å². The van der Waals surface area contributed by atoms with E-state index in [1.807, 2.05) is 6.92 Å². The molecule has 1 unspecified atom stereocenters. The van der Waals surface area contributed by atoms with Crippen molar-refractivity contribution in [3.63, 3.8) is 0 Å². The molecular weight excluding hydrogens is 216 g/mol. The van der Waals surface area contributed by atoms with E-state index in [0.29, 0.717) is 5.92 Å². The van der Waals surface area contributed by atoms with Crippen molar-refractivity contribution in [2.45, 2.75) is 52.2 Å². The Morgan fingerprint density at radius 1 is 1.00 bits per heavy atom. The summed E-state index contributed by atoms with van der Waals surface area (Å²) in [6, 6.07) is 0. The highest BCUT2D eigenvalue weighted by Gasteiger charge is 2.08. The van der Waals surface area contributed by atoms with E-state index >= 15 is 0 Å². The Hall–Kier alpha value is -0.540. The Morgan fingerprint density at radius 2 is 1.59 bits per heavy atom. The maximum Gasteiger partial charge on any atom is 0.156 e. The molecule has 0 fully saturated rings. The molecule has 0 rings (SSSR count). The fraction of sp³-hybridized carbons (Fsp3) is 0.857. The molecule has 0 aromatic carbocycles. The summed E-state index contributed by atoms with van der Waals surface area (Å²) in [5.74, 6) is 1.61. The van der Waals surface area contributed by atoms with Crippen LogP contribution in [0.4, 0.5) is 0 Å². The van der Waals surface area contributed by atoms with Gasteiger partial charge in [-0.2, -0.15) is 0 Å². The lowest BCUT2D eigenvalue weighted by Gasteiger charge is -2.15. The van der Waals surface area contributed by atoms with Crippen LogP contribution in [0.5, 0.6) is 0 Å². The fourth-order valence-corrected chi connectivity index (χ4v) is 2.02. The molecule has 0 spiro atoms. The first-order valence-electron chi connectivity index (χ1n) is 6.45. The van der Waals surface area contributed by atoms with E-state index in [-0.39, 0.29) is 6.29 Å². The maximum atomic E-state index is 5.31. The number of ether oxygens (including phenoxy) is 3. The highest BCUT2D eigenvalue weighted by atomic mass is 16.7. The van der Waals surface area contributed by atoms with Gasteiger partial charge in [0.2, 0.25) is 0 Å². The highest BCUT2D eigenvalue weighted by Crippen LogP contribution is 2.19. The molecule has 0 bridgehead atoms.